The Morgan fingerprint density at radius 1 is 1.62 bits per heavy atom. The second-order valence-corrected chi connectivity index (χ2v) is 3.90. The lowest BCUT2D eigenvalue weighted by Crippen LogP contribution is -2.45. The average Bonchev–Trinajstić information content (AvgIpc) is 2.27. The molecule has 1 aliphatic carbocycles. The van der Waals surface area contributed by atoms with Gasteiger partial charge in [0.2, 0.25) is 0 Å². The van der Waals surface area contributed by atoms with Crippen LogP contribution in [-0.2, 0) is 4.84 Å². The van der Waals surface area contributed by atoms with Crippen LogP contribution in [-0.4, -0.2) is 29.3 Å². The number of nitrogens with one attached hydrogen (secondary N) is 1. The molecule has 0 aromatic carbocycles. The van der Waals surface area contributed by atoms with Crippen LogP contribution >= 0.6 is 0 Å². The third-order valence-corrected chi connectivity index (χ3v) is 2.79. The van der Waals surface area contributed by atoms with Crippen molar-refractivity contribution in [2.45, 2.75) is 38.1 Å². The highest BCUT2D eigenvalue weighted by Gasteiger charge is 2.45. The second kappa shape index (κ2) is 4.91. The van der Waals surface area contributed by atoms with Gasteiger partial charge in [0, 0.05) is 25.3 Å². The summed E-state index contributed by atoms with van der Waals surface area (Å²) >= 11 is 0. The summed E-state index contributed by atoms with van der Waals surface area (Å²) in [5, 5.41) is 16.8. The maximum absolute atomic E-state index is 11.0. The first kappa shape index (κ1) is 12.4. The van der Waals surface area contributed by atoms with Gasteiger partial charge in [0.1, 0.15) is 5.71 Å². The maximum Gasteiger partial charge on any atom is 0.433 e. The standard InChI is InChI=1S/C9H15N3O4/c1-9(12(14)15)6-4-3-5-7(9)11-16-8(13)10-2/h3-6H2,1-2H3,(H,10,13)/b11-7+. The smallest absolute Gasteiger partial charge is 0.323 e. The van der Waals surface area contributed by atoms with Crippen molar-refractivity contribution in [1.29, 1.82) is 0 Å². The highest BCUT2D eigenvalue weighted by molar-refractivity contribution is 5.92. The van der Waals surface area contributed by atoms with Crippen LogP contribution in [0.5, 0.6) is 0 Å². The Labute approximate surface area is 93.0 Å². The molecule has 1 atom stereocenters. The number of carbonyl (C=O) groups excluding carboxylic acids is 1. The molecule has 1 saturated carbocycles. The van der Waals surface area contributed by atoms with Gasteiger partial charge in [0.15, 0.2) is 0 Å². The quantitative estimate of drug-likeness (QED) is 0.438. The molecular weight excluding hydrogens is 214 g/mol. The first-order chi connectivity index (χ1) is 7.50. The largest absolute Gasteiger partial charge is 0.433 e. The molecule has 1 amide bonds. The van der Waals surface area contributed by atoms with Gasteiger partial charge in [-0.25, -0.2) is 4.79 Å². The molecule has 0 saturated heterocycles. The lowest BCUT2D eigenvalue weighted by Gasteiger charge is -2.26. The Morgan fingerprint density at radius 2 is 2.31 bits per heavy atom. The van der Waals surface area contributed by atoms with Crippen molar-refractivity contribution < 1.29 is 14.6 Å². The van der Waals surface area contributed by atoms with Crippen LogP contribution in [0.15, 0.2) is 5.16 Å². The number of nitrogens with zero attached hydrogens (tertiary/aromatic N) is 2. The van der Waals surface area contributed by atoms with Gasteiger partial charge in [-0.1, -0.05) is 5.16 Å². The van der Waals surface area contributed by atoms with E-state index in [2.05, 4.69) is 15.3 Å². The molecule has 0 heterocycles. The monoisotopic (exact) mass is 229 g/mol. The SMILES string of the molecule is CNC(=O)O/N=C1\CCCCC1(C)[N+](=O)[O-]. The summed E-state index contributed by atoms with van der Waals surface area (Å²) in [7, 11) is 1.40. The van der Waals surface area contributed by atoms with Gasteiger partial charge in [0.25, 0.3) is 5.54 Å². The molecule has 7 heteroatoms. The summed E-state index contributed by atoms with van der Waals surface area (Å²) in [6, 6.07) is 0. The summed E-state index contributed by atoms with van der Waals surface area (Å²) in [5.74, 6) is 0. The fourth-order valence-electron chi connectivity index (χ4n) is 1.66. The molecule has 0 aromatic heterocycles. The van der Waals surface area contributed by atoms with E-state index in [0.29, 0.717) is 18.6 Å². The molecular formula is C9H15N3O4. The number of hydrogen-bond donors (Lipinski definition) is 1. The highest BCUT2D eigenvalue weighted by atomic mass is 16.7. The van der Waals surface area contributed by atoms with Crippen molar-refractivity contribution in [1.82, 2.24) is 5.32 Å². The van der Waals surface area contributed by atoms with Crippen LogP contribution in [0.1, 0.15) is 32.6 Å². The third kappa shape index (κ3) is 2.47. The predicted octanol–water partition coefficient (Wildman–Crippen LogP) is 1.31. The average molecular weight is 229 g/mol. The molecule has 0 radical (unpaired) electrons. The van der Waals surface area contributed by atoms with E-state index in [0.717, 1.165) is 12.8 Å². The molecule has 0 bridgehead atoms. The maximum atomic E-state index is 11.0. The summed E-state index contributed by atoms with van der Waals surface area (Å²) in [4.78, 5) is 25.9. The number of oxime groups is 1. The van der Waals surface area contributed by atoms with E-state index in [9.17, 15) is 14.9 Å². The van der Waals surface area contributed by atoms with E-state index >= 15 is 0 Å². The van der Waals surface area contributed by atoms with Gasteiger partial charge in [-0.2, -0.15) is 0 Å². The summed E-state index contributed by atoms with van der Waals surface area (Å²) < 4.78 is 0. The van der Waals surface area contributed by atoms with Gasteiger partial charge >= 0.3 is 6.09 Å². The van der Waals surface area contributed by atoms with E-state index in [4.69, 9.17) is 0 Å². The van der Waals surface area contributed by atoms with E-state index < -0.39 is 11.6 Å². The minimum Gasteiger partial charge on any atom is -0.323 e. The molecule has 7 nitrogen and oxygen atoms in total. The number of amides is 1. The van der Waals surface area contributed by atoms with E-state index in [1.807, 2.05) is 0 Å². The van der Waals surface area contributed by atoms with Crippen LogP contribution < -0.4 is 5.32 Å². The lowest BCUT2D eigenvalue weighted by atomic mass is 9.82. The Morgan fingerprint density at radius 3 is 2.88 bits per heavy atom. The molecule has 90 valence electrons. The lowest BCUT2D eigenvalue weighted by molar-refractivity contribution is -0.545. The van der Waals surface area contributed by atoms with Crippen LogP contribution in [0.3, 0.4) is 0 Å². The van der Waals surface area contributed by atoms with Gasteiger partial charge in [-0.15, -0.1) is 0 Å². The summed E-state index contributed by atoms with van der Waals surface area (Å²) in [6.07, 6.45) is 1.82. The third-order valence-electron chi connectivity index (χ3n) is 2.79. The predicted molar refractivity (Wildman–Crippen MR) is 56.8 cm³/mol. The van der Waals surface area contributed by atoms with Crippen molar-refractivity contribution in [3.05, 3.63) is 10.1 Å². The van der Waals surface area contributed by atoms with Crippen molar-refractivity contribution in [3.8, 4) is 0 Å². The molecule has 0 spiro atoms. The van der Waals surface area contributed by atoms with E-state index in [1.54, 1.807) is 0 Å². The number of hydrogen-bond acceptors (Lipinski definition) is 5. The second-order valence-electron chi connectivity index (χ2n) is 3.90. The highest BCUT2D eigenvalue weighted by Crippen LogP contribution is 2.28. The van der Waals surface area contributed by atoms with Crippen LogP contribution in [0.25, 0.3) is 0 Å². The molecule has 16 heavy (non-hydrogen) atoms. The minimum absolute atomic E-state index is 0.326. The van der Waals surface area contributed by atoms with Crippen molar-refractivity contribution in [2.24, 2.45) is 5.16 Å². The fraction of sp³-hybridized carbons (Fsp3) is 0.778. The fourth-order valence-corrected chi connectivity index (χ4v) is 1.66. The molecule has 0 aliphatic heterocycles. The van der Waals surface area contributed by atoms with Gasteiger partial charge in [-0.3, -0.25) is 15.0 Å². The molecule has 1 aliphatic rings. The summed E-state index contributed by atoms with van der Waals surface area (Å²) in [6.45, 7) is 1.51. The zero-order valence-corrected chi connectivity index (χ0v) is 9.36. The Balaban J connectivity index is 2.82. The van der Waals surface area contributed by atoms with Crippen molar-refractivity contribution >= 4 is 11.8 Å². The minimum atomic E-state index is -1.20. The van der Waals surface area contributed by atoms with Crippen LogP contribution in [0.2, 0.25) is 0 Å². The zero-order chi connectivity index (χ0) is 12.2. The molecule has 0 aromatic rings. The van der Waals surface area contributed by atoms with E-state index in [1.165, 1.54) is 14.0 Å². The zero-order valence-electron chi connectivity index (χ0n) is 9.36. The van der Waals surface area contributed by atoms with Crippen LogP contribution in [0, 0.1) is 10.1 Å². The van der Waals surface area contributed by atoms with Gasteiger partial charge < -0.3 is 5.32 Å². The molecule has 1 unspecified atom stereocenters. The normalized spacial score (nSPS) is 27.5. The molecule has 1 rings (SSSR count). The number of rotatable bonds is 2. The summed E-state index contributed by atoms with van der Waals surface area (Å²) in [5.41, 5.74) is -0.876. The first-order valence-corrected chi connectivity index (χ1v) is 5.11. The number of nitro groups is 1. The van der Waals surface area contributed by atoms with E-state index in [-0.39, 0.29) is 4.92 Å². The van der Waals surface area contributed by atoms with Gasteiger partial charge in [0.05, 0.1) is 0 Å². The van der Waals surface area contributed by atoms with Gasteiger partial charge in [-0.05, 0) is 19.3 Å². The van der Waals surface area contributed by atoms with Crippen molar-refractivity contribution in [3.63, 3.8) is 0 Å². The Bertz CT molecular complexity index is 329. The molecule has 1 N–H and O–H groups in total. The first-order valence-electron chi connectivity index (χ1n) is 5.11. The number of carbonyl (C=O) groups is 1. The van der Waals surface area contributed by atoms with Crippen molar-refractivity contribution in [2.75, 3.05) is 7.05 Å². The Hall–Kier alpha value is -1.66. The topological polar surface area (TPSA) is 93.8 Å². The Kier molecular flexibility index (Phi) is 3.81. The molecule has 1 fully saturated rings. The van der Waals surface area contributed by atoms with Crippen LogP contribution in [0.4, 0.5) is 4.79 Å².